The lowest BCUT2D eigenvalue weighted by molar-refractivity contribution is 0.0684. The standard InChI is InChI=1S/C14H20NO/c1-2-10-15(14-9-6-11-16-14)12-13-7-4-3-5-8-13/h3-5,7-8H,2,6,9-12H2,1H3. The first kappa shape index (κ1) is 11.6. The van der Waals surface area contributed by atoms with E-state index in [1.54, 1.807) is 0 Å². The Morgan fingerprint density at radius 3 is 2.69 bits per heavy atom. The summed E-state index contributed by atoms with van der Waals surface area (Å²) in [5, 5.41) is 0. The molecule has 1 radical (unpaired) electrons. The van der Waals surface area contributed by atoms with Gasteiger partial charge in [0.05, 0.1) is 0 Å². The van der Waals surface area contributed by atoms with E-state index in [0.717, 1.165) is 26.1 Å². The molecule has 1 aromatic rings. The summed E-state index contributed by atoms with van der Waals surface area (Å²) in [6.45, 7) is 5.17. The topological polar surface area (TPSA) is 12.5 Å². The molecule has 1 fully saturated rings. The Kier molecular flexibility index (Phi) is 4.37. The zero-order valence-corrected chi connectivity index (χ0v) is 9.98. The molecule has 1 aromatic carbocycles. The van der Waals surface area contributed by atoms with Gasteiger partial charge < -0.3 is 4.74 Å². The first-order valence-electron chi connectivity index (χ1n) is 6.17. The number of rotatable bonds is 5. The highest BCUT2D eigenvalue weighted by atomic mass is 16.5. The van der Waals surface area contributed by atoms with E-state index in [0.29, 0.717) is 0 Å². The quantitative estimate of drug-likeness (QED) is 0.752. The second kappa shape index (κ2) is 6.02. The summed E-state index contributed by atoms with van der Waals surface area (Å²) in [6.07, 6.45) is 4.63. The van der Waals surface area contributed by atoms with Crippen LogP contribution in [0.2, 0.25) is 0 Å². The van der Waals surface area contributed by atoms with Gasteiger partial charge in [-0.25, -0.2) is 0 Å². The molecule has 87 valence electrons. The molecule has 0 atom stereocenters. The lowest BCUT2D eigenvalue weighted by Gasteiger charge is -2.26. The van der Waals surface area contributed by atoms with E-state index in [1.165, 1.54) is 24.6 Å². The summed E-state index contributed by atoms with van der Waals surface area (Å²) in [5.74, 6) is 0. The molecule has 0 unspecified atom stereocenters. The first-order chi connectivity index (χ1) is 7.90. The SMILES string of the molecule is CCCN(Cc1ccccc1)[C]1CCCO1. The van der Waals surface area contributed by atoms with Crippen molar-refractivity contribution in [1.82, 2.24) is 4.90 Å². The molecule has 0 bridgehead atoms. The van der Waals surface area contributed by atoms with Crippen LogP contribution in [0.5, 0.6) is 0 Å². The number of ether oxygens (including phenoxy) is 1. The van der Waals surface area contributed by atoms with Crippen LogP contribution in [-0.4, -0.2) is 18.1 Å². The minimum atomic E-state index is 0.893. The minimum absolute atomic E-state index is 0.893. The number of hydrogen-bond acceptors (Lipinski definition) is 2. The molecular formula is C14H20NO. The van der Waals surface area contributed by atoms with Crippen molar-refractivity contribution in [2.24, 2.45) is 0 Å². The fourth-order valence-corrected chi connectivity index (χ4v) is 2.10. The van der Waals surface area contributed by atoms with Crippen LogP contribution >= 0.6 is 0 Å². The van der Waals surface area contributed by atoms with Gasteiger partial charge in [0.1, 0.15) is 0 Å². The van der Waals surface area contributed by atoms with Crippen LogP contribution in [0.25, 0.3) is 0 Å². The van der Waals surface area contributed by atoms with Crippen LogP contribution in [0.3, 0.4) is 0 Å². The van der Waals surface area contributed by atoms with Gasteiger partial charge in [-0.15, -0.1) is 0 Å². The Balaban J connectivity index is 1.96. The molecule has 0 aliphatic carbocycles. The Bertz CT molecular complexity index is 293. The van der Waals surface area contributed by atoms with Crippen molar-refractivity contribution in [3.63, 3.8) is 0 Å². The third-order valence-electron chi connectivity index (χ3n) is 2.87. The summed E-state index contributed by atoms with van der Waals surface area (Å²) in [5.41, 5.74) is 1.36. The van der Waals surface area contributed by atoms with Gasteiger partial charge in [0.2, 0.25) is 0 Å². The number of benzene rings is 1. The summed E-state index contributed by atoms with van der Waals surface area (Å²) < 4.78 is 5.68. The van der Waals surface area contributed by atoms with E-state index >= 15 is 0 Å². The molecule has 0 amide bonds. The van der Waals surface area contributed by atoms with Crippen molar-refractivity contribution in [3.05, 3.63) is 42.1 Å². The number of nitrogens with zero attached hydrogens (tertiary/aromatic N) is 1. The fourth-order valence-electron chi connectivity index (χ4n) is 2.10. The van der Waals surface area contributed by atoms with E-state index < -0.39 is 0 Å². The maximum Gasteiger partial charge on any atom is 0.165 e. The Morgan fingerprint density at radius 1 is 1.25 bits per heavy atom. The maximum absolute atomic E-state index is 5.68. The molecule has 1 saturated heterocycles. The van der Waals surface area contributed by atoms with Crippen molar-refractivity contribution in [2.75, 3.05) is 13.2 Å². The summed E-state index contributed by atoms with van der Waals surface area (Å²) >= 11 is 0. The average molecular weight is 218 g/mol. The summed E-state index contributed by atoms with van der Waals surface area (Å²) in [4.78, 5) is 2.38. The molecule has 0 saturated carbocycles. The minimum Gasteiger partial charge on any atom is -0.356 e. The van der Waals surface area contributed by atoms with Crippen molar-refractivity contribution in [3.8, 4) is 0 Å². The van der Waals surface area contributed by atoms with Crippen LogP contribution < -0.4 is 0 Å². The van der Waals surface area contributed by atoms with Crippen LogP contribution in [0.1, 0.15) is 31.7 Å². The number of hydrogen-bond donors (Lipinski definition) is 0. The van der Waals surface area contributed by atoms with Crippen molar-refractivity contribution < 1.29 is 4.74 Å². The van der Waals surface area contributed by atoms with E-state index in [2.05, 4.69) is 42.2 Å². The molecule has 2 nitrogen and oxygen atoms in total. The predicted octanol–water partition coefficient (Wildman–Crippen LogP) is 3.20. The molecule has 0 spiro atoms. The van der Waals surface area contributed by atoms with Gasteiger partial charge in [0.25, 0.3) is 0 Å². The molecule has 0 aromatic heterocycles. The van der Waals surface area contributed by atoms with E-state index in [-0.39, 0.29) is 0 Å². The smallest absolute Gasteiger partial charge is 0.165 e. The fraction of sp³-hybridized carbons (Fsp3) is 0.500. The zero-order chi connectivity index (χ0) is 11.2. The lowest BCUT2D eigenvalue weighted by atomic mass is 10.2. The second-order valence-corrected chi connectivity index (χ2v) is 4.25. The van der Waals surface area contributed by atoms with Gasteiger partial charge in [0, 0.05) is 19.7 Å². The summed E-state index contributed by atoms with van der Waals surface area (Å²) in [7, 11) is 0. The van der Waals surface area contributed by atoms with Gasteiger partial charge in [-0.3, -0.25) is 4.90 Å². The van der Waals surface area contributed by atoms with Crippen molar-refractivity contribution >= 4 is 0 Å². The van der Waals surface area contributed by atoms with E-state index in [1.807, 2.05) is 0 Å². The molecule has 1 heterocycles. The average Bonchev–Trinajstić information content (AvgIpc) is 2.83. The zero-order valence-electron chi connectivity index (χ0n) is 9.98. The third kappa shape index (κ3) is 3.06. The Morgan fingerprint density at radius 2 is 2.06 bits per heavy atom. The second-order valence-electron chi connectivity index (χ2n) is 4.25. The molecule has 2 rings (SSSR count). The van der Waals surface area contributed by atoms with Gasteiger partial charge in [0.15, 0.2) is 6.23 Å². The van der Waals surface area contributed by atoms with Gasteiger partial charge in [-0.1, -0.05) is 37.3 Å². The van der Waals surface area contributed by atoms with Crippen molar-refractivity contribution in [2.45, 2.75) is 32.7 Å². The van der Waals surface area contributed by atoms with Crippen LogP contribution in [0.15, 0.2) is 30.3 Å². The molecule has 16 heavy (non-hydrogen) atoms. The monoisotopic (exact) mass is 218 g/mol. The van der Waals surface area contributed by atoms with Gasteiger partial charge >= 0.3 is 0 Å². The molecule has 1 aliphatic rings. The molecule has 1 aliphatic heterocycles. The largest absolute Gasteiger partial charge is 0.356 e. The molecule has 0 N–H and O–H groups in total. The van der Waals surface area contributed by atoms with Gasteiger partial charge in [-0.2, -0.15) is 0 Å². The van der Waals surface area contributed by atoms with Crippen LogP contribution in [-0.2, 0) is 11.3 Å². The van der Waals surface area contributed by atoms with E-state index in [9.17, 15) is 0 Å². The Hall–Kier alpha value is -0.860. The highest BCUT2D eigenvalue weighted by Gasteiger charge is 2.24. The van der Waals surface area contributed by atoms with E-state index in [4.69, 9.17) is 4.74 Å². The van der Waals surface area contributed by atoms with Crippen LogP contribution in [0.4, 0.5) is 0 Å². The Labute approximate surface area is 98.2 Å². The lowest BCUT2D eigenvalue weighted by Crippen LogP contribution is -2.28. The molecular weight excluding hydrogens is 198 g/mol. The highest BCUT2D eigenvalue weighted by Crippen LogP contribution is 2.25. The first-order valence-corrected chi connectivity index (χ1v) is 6.17. The predicted molar refractivity (Wildman–Crippen MR) is 65.6 cm³/mol. The normalized spacial score (nSPS) is 17.1. The van der Waals surface area contributed by atoms with Crippen molar-refractivity contribution in [1.29, 1.82) is 0 Å². The summed E-state index contributed by atoms with van der Waals surface area (Å²) in [6, 6.07) is 10.6. The maximum atomic E-state index is 5.68. The molecule has 2 heteroatoms. The van der Waals surface area contributed by atoms with Crippen LogP contribution in [0, 0.1) is 6.23 Å². The highest BCUT2D eigenvalue weighted by molar-refractivity contribution is 5.15. The third-order valence-corrected chi connectivity index (χ3v) is 2.87. The van der Waals surface area contributed by atoms with Gasteiger partial charge in [-0.05, 0) is 24.8 Å².